The molecule has 2 aromatic rings. The van der Waals surface area contributed by atoms with Crippen molar-refractivity contribution in [2.24, 2.45) is 0 Å². The first-order chi connectivity index (χ1) is 9.79. The van der Waals surface area contributed by atoms with E-state index in [9.17, 15) is 4.39 Å². The van der Waals surface area contributed by atoms with Gasteiger partial charge in [-0.15, -0.1) is 24.0 Å². The molecule has 22 heavy (non-hydrogen) atoms. The average molecular weight is 1010 g/mol. The molecule has 0 heterocycles. The molecule has 0 saturated carbocycles. The van der Waals surface area contributed by atoms with Crippen molar-refractivity contribution in [3.8, 4) is 0 Å². The third kappa shape index (κ3) is 28.5. The van der Waals surface area contributed by atoms with Crippen molar-refractivity contribution in [1.29, 1.82) is 0 Å². The van der Waals surface area contributed by atoms with Crippen LogP contribution in [-0.2, 0) is 0 Å². The van der Waals surface area contributed by atoms with Gasteiger partial charge in [0.25, 0.3) is 22.6 Å². The fourth-order valence-electron chi connectivity index (χ4n) is 0.835. The number of halogens is 5. The molecule has 6 heteroatoms. The Kier molecular flexibility index (Phi) is 50.7. The van der Waals surface area contributed by atoms with E-state index in [-0.39, 0.29) is 29.8 Å². The van der Waals surface area contributed by atoms with Crippen LogP contribution in [0.5, 0.6) is 0 Å². The van der Waals surface area contributed by atoms with Gasteiger partial charge in [-0.05, 0) is 24.3 Å². The summed E-state index contributed by atoms with van der Waals surface area (Å²) in [5.74, 6) is -0.178. The summed E-state index contributed by atoms with van der Waals surface area (Å²) in [5, 5.41) is 0. The Hall–Kier alpha value is 0.290. The van der Waals surface area contributed by atoms with E-state index in [4.69, 9.17) is 0 Å². The Bertz CT molecular complexity index is 324. The van der Waals surface area contributed by atoms with E-state index in [0.717, 1.165) is 0 Å². The molecule has 0 bridgehead atoms. The maximum Gasteiger partial charge on any atom is 0.296 e. The van der Waals surface area contributed by atoms with Crippen molar-refractivity contribution >= 4 is 61.2 Å². The van der Waals surface area contributed by atoms with Crippen LogP contribution in [0.2, 0.25) is 0 Å². The van der Waals surface area contributed by atoms with Gasteiger partial charge in [-0.3, -0.25) is 0 Å². The fraction of sp³-hybridized carbons (Fsp3) is 0.250. The van der Waals surface area contributed by atoms with Crippen molar-refractivity contribution in [3.63, 3.8) is 0 Å². The molecule has 0 aromatic heterocycles. The molecule has 0 aliphatic rings. The van der Waals surface area contributed by atoms with E-state index in [1.807, 2.05) is 68.5 Å². The number of hydrogen-bond donors (Lipinski definition) is 0. The average Bonchev–Trinajstić information content (AvgIpc) is 2.55. The van der Waals surface area contributed by atoms with Gasteiger partial charge in [-0.25, -0.2) is 4.39 Å². The van der Waals surface area contributed by atoms with E-state index >= 15 is 0 Å². The maximum absolute atomic E-state index is 11.9. The summed E-state index contributed by atoms with van der Waals surface area (Å²) in [6.07, 6.45) is 0. The second kappa shape index (κ2) is 33.0. The minimum absolute atomic E-state index is 0. The van der Waals surface area contributed by atoms with Crippen LogP contribution in [0.3, 0.4) is 0 Å². The topological polar surface area (TPSA) is 0 Å². The molecule has 124 valence electrons. The zero-order valence-electron chi connectivity index (χ0n) is 13.4. The molecule has 0 fully saturated rings. The predicted molar refractivity (Wildman–Crippen MR) is 119 cm³/mol. The van der Waals surface area contributed by atoms with Gasteiger partial charge in [0.2, 0.25) is 0 Å². The monoisotopic (exact) mass is 1010 g/mol. The molecule has 0 unspecified atom stereocenters. The van der Waals surface area contributed by atoms with E-state index in [1.54, 1.807) is 18.2 Å². The van der Waals surface area contributed by atoms with Gasteiger partial charge in [-0.1, -0.05) is 64.1 Å². The summed E-state index contributed by atoms with van der Waals surface area (Å²) in [5.41, 5.74) is 0. The molecule has 0 radical (unpaired) electrons. The predicted octanol–water partition coefficient (Wildman–Crippen LogP) is 4.41. The summed E-state index contributed by atoms with van der Waals surface area (Å²) in [6.45, 7) is 8.00. The minimum Gasteiger partial charge on any atom is -0.207 e. The minimum atomic E-state index is -0.178. The first-order valence-corrected chi connectivity index (χ1v) is 13.8. The van der Waals surface area contributed by atoms with Crippen LogP contribution in [0.1, 0.15) is 27.7 Å². The Morgan fingerprint density at radius 2 is 1.00 bits per heavy atom. The van der Waals surface area contributed by atoms with E-state index in [2.05, 4.69) is 49.4 Å². The SMILES string of the molecule is CC.CC.Fc1ccccc1.I.II.[IH+]c1ccccc1.[Rf]. The Morgan fingerprint density at radius 1 is 0.727 bits per heavy atom. The van der Waals surface area contributed by atoms with Gasteiger partial charge in [0.15, 0.2) is 3.57 Å². The van der Waals surface area contributed by atoms with E-state index < -0.39 is 0 Å². The summed E-state index contributed by atoms with van der Waals surface area (Å²) in [6, 6.07) is 18.2. The van der Waals surface area contributed by atoms with E-state index in [1.165, 1.54) is 15.7 Å². The molecule has 0 saturated heterocycles. The Morgan fingerprint density at radius 3 is 1.14 bits per heavy atom. The number of benzene rings is 2. The van der Waals surface area contributed by atoms with Gasteiger partial charge in [0, 0.05) is 37.2 Å². The number of hydrogen-bond acceptors (Lipinski definition) is 0. The van der Waals surface area contributed by atoms with Crippen molar-refractivity contribution in [2.75, 3.05) is 0 Å². The second-order valence-corrected chi connectivity index (χ2v) is 3.95. The molecular formula is C16H24FI4Rf+. The zero-order chi connectivity index (χ0) is 16.2. The molecule has 2 rings (SSSR count). The van der Waals surface area contributed by atoms with Crippen molar-refractivity contribution in [3.05, 3.63) is 70.1 Å². The van der Waals surface area contributed by atoms with Gasteiger partial charge >= 0.3 is 0 Å². The maximum atomic E-state index is 11.9. The van der Waals surface area contributed by atoms with Crippen LogP contribution in [0, 0.1) is 9.39 Å². The second-order valence-electron chi connectivity index (χ2n) is 2.61. The Balaban J connectivity index is -0.0000000614. The first kappa shape index (κ1) is 33.8. The molecule has 0 nitrogen and oxygen atoms in total. The molecule has 0 atom stereocenters. The summed E-state index contributed by atoms with van der Waals surface area (Å²) >= 11 is 6.26. The van der Waals surface area contributed by atoms with Crippen molar-refractivity contribution < 1.29 is 27.0 Å². The molecule has 0 N–H and O–H groups in total. The summed E-state index contributed by atoms with van der Waals surface area (Å²) in [7, 11) is 0. The van der Waals surface area contributed by atoms with Gasteiger partial charge in [0.1, 0.15) is 5.82 Å². The van der Waals surface area contributed by atoms with Crippen LogP contribution in [0.4, 0.5) is 4.39 Å². The third-order valence-electron chi connectivity index (χ3n) is 1.48. The number of rotatable bonds is 0. The summed E-state index contributed by atoms with van der Waals surface area (Å²) < 4.78 is 13.2. The molecule has 0 spiro atoms. The molecular weight excluding hydrogens is 986 g/mol. The van der Waals surface area contributed by atoms with Crippen LogP contribution < -0.4 is 22.6 Å². The van der Waals surface area contributed by atoms with Gasteiger partial charge in [-0.2, -0.15) is 0 Å². The quantitative estimate of drug-likeness (QED) is 0.344. The Labute approximate surface area is 183 Å². The zero-order valence-corrected chi connectivity index (χ0v) is 28.8. The third-order valence-corrected chi connectivity index (χ3v) is 2.25. The van der Waals surface area contributed by atoms with Gasteiger partial charge in [0.05, 0.1) is 0 Å². The largest absolute Gasteiger partial charge is 0.296 e. The normalized spacial score (nSPS) is 6.36. The summed E-state index contributed by atoms with van der Waals surface area (Å²) in [4.78, 5) is 0. The van der Waals surface area contributed by atoms with E-state index in [0.29, 0.717) is 0 Å². The standard InChI is InChI=1S/C6H5F.C6H6I.2C2H6.I2.HI.Rf/c2*7-6-4-2-1-3-5-6;3*1-2;;/h1-5H;1-5,7H;2*1-2H3;;1H;/q;+1;;;;;. The molecule has 0 aliphatic carbocycles. The fourth-order valence-corrected chi connectivity index (χ4v) is 1.28. The molecule has 0 aliphatic heterocycles. The van der Waals surface area contributed by atoms with Crippen LogP contribution in [0.15, 0.2) is 60.7 Å². The van der Waals surface area contributed by atoms with Gasteiger partial charge < -0.3 is 0 Å². The smallest absolute Gasteiger partial charge is 0.207 e. The molecule has 0 amide bonds. The van der Waals surface area contributed by atoms with Crippen LogP contribution >= 0.6 is 61.2 Å². The van der Waals surface area contributed by atoms with Crippen LogP contribution in [0.25, 0.3) is 0 Å². The van der Waals surface area contributed by atoms with Crippen molar-refractivity contribution in [2.45, 2.75) is 27.7 Å². The van der Waals surface area contributed by atoms with Crippen LogP contribution in [-0.4, -0.2) is 0 Å². The van der Waals surface area contributed by atoms with Crippen molar-refractivity contribution in [1.82, 2.24) is 0 Å². The molecule has 2 aromatic carbocycles. The first-order valence-electron chi connectivity index (χ1n) is 6.36.